The van der Waals surface area contributed by atoms with Crippen LogP contribution in [0.4, 0.5) is 10.1 Å². The van der Waals surface area contributed by atoms with E-state index in [9.17, 15) is 4.39 Å². The molecule has 15 heavy (non-hydrogen) atoms. The normalized spacial score (nSPS) is 21.8. The van der Waals surface area contributed by atoms with Crippen molar-refractivity contribution in [3.05, 3.63) is 27.6 Å². The summed E-state index contributed by atoms with van der Waals surface area (Å²) in [6, 6.07) is 5.47. The van der Waals surface area contributed by atoms with E-state index in [2.05, 4.69) is 39.7 Å². The van der Waals surface area contributed by atoms with Crippen LogP contribution in [0.1, 0.15) is 6.92 Å². The molecule has 2 nitrogen and oxygen atoms in total. The maximum atomic E-state index is 13.0. The van der Waals surface area contributed by atoms with Crippen molar-refractivity contribution in [2.75, 3.05) is 24.5 Å². The summed E-state index contributed by atoms with van der Waals surface area (Å²) >= 11 is 2.20. The first kappa shape index (κ1) is 11.1. The SMILES string of the molecule is CC1CNCCN1c1ccc(F)cc1I. The van der Waals surface area contributed by atoms with Gasteiger partial charge in [-0.2, -0.15) is 0 Å². The third-order valence-corrected chi connectivity index (χ3v) is 3.58. The van der Waals surface area contributed by atoms with E-state index in [0.29, 0.717) is 6.04 Å². The Bertz CT molecular complexity index is 356. The van der Waals surface area contributed by atoms with Gasteiger partial charge in [0.05, 0.1) is 5.69 Å². The highest BCUT2D eigenvalue weighted by Crippen LogP contribution is 2.25. The number of anilines is 1. The Labute approximate surface area is 103 Å². The lowest BCUT2D eigenvalue weighted by Gasteiger charge is -2.36. The van der Waals surface area contributed by atoms with Crippen molar-refractivity contribution in [3.8, 4) is 0 Å². The number of nitrogens with one attached hydrogen (secondary N) is 1. The van der Waals surface area contributed by atoms with Gasteiger partial charge < -0.3 is 10.2 Å². The first-order valence-electron chi connectivity index (χ1n) is 5.11. The number of nitrogens with zero attached hydrogens (tertiary/aromatic N) is 1. The standard InChI is InChI=1S/C11H14FIN2/c1-8-7-14-4-5-15(8)11-3-2-9(12)6-10(11)13/h2-3,6,8,14H,4-5,7H2,1H3. The molecule has 1 aromatic carbocycles. The van der Waals surface area contributed by atoms with Gasteiger partial charge in [-0.25, -0.2) is 4.39 Å². The summed E-state index contributed by atoms with van der Waals surface area (Å²) < 4.78 is 14.0. The molecule has 1 fully saturated rings. The lowest BCUT2D eigenvalue weighted by molar-refractivity contribution is 0.500. The third-order valence-electron chi connectivity index (χ3n) is 2.72. The summed E-state index contributed by atoms with van der Waals surface area (Å²) in [6.07, 6.45) is 0. The molecule has 0 amide bonds. The van der Waals surface area contributed by atoms with E-state index in [4.69, 9.17) is 0 Å². The highest BCUT2D eigenvalue weighted by atomic mass is 127. The quantitative estimate of drug-likeness (QED) is 0.799. The van der Waals surface area contributed by atoms with E-state index in [-0.39, 0.29) is 5.82 Å². The van der Waals surface area contributed by atoms with Gasteiger partial charge in [-0.15, -0.1) is 0 Å². The van der Waals surface area contributed by atoms with Crippen LogP contribution in [0.25, 0.3) is 0 Å². The molecule has 0 saturated carbocycles. The maximum absolute atomic E-state index is 13.0. The smallest absolute Gasteiger partial charge is 0.124 e. The molecule has 82 valence electrons. The van der Waals surface area contributed by atoms with Gasteiger partial charge in [-0.05, 0) is 47.7 Å². The predicted molar refractivity (Wildman–Crippen MR) is 68.8 cm³/mol. The van der Waals surface area contributed by atoms with Crippen molar-refractivity contribution < 1.29 is 4.39 Å². The fraction of sp³-hybridized carbons (Fsp3) is 0.455. The summed E-state index contributed by atoms with van der Waals surface area (Å²) in [6.45, 7) is 5.17. The summed E-state index contributed by atoms with van der Waals surface area (Å²) in [5, 5.41) is 3.35. The van der Waals surface area contributed by atoms with Crippen molar-refractivity contribution in [3.63, 3.8) is 0 Å². The Morgan fingerprint density at radius 3 is 3.00 bits per heavy atom. The zero-order valence-electron chi connectivity index (χ0n) is 8.63. The molecule has 0 spiro atoms. The van der Waals surface area contributed by atoms with Crippen LogP contribution in [0, 0.1) is 9.39 Å². The second-order valence-corrected chi connectivity index (χ2v) is 5.00. The Morgan fingerprint density at radius 1 is 1.53 bits per heavy atom. The van der Waals surface area contributed by atoms with Crippen LogP contribution in [0.15, 0.2) is 18.2 Å². The van der Waals surface area contributed by atoms with E-state index in [1.807, 2.05) is 6.07 Å². The number of rotatable bonds is 1. The van der Waals surface area contributed by atoms with E-state index in [0.717, 1.165) is 28.9 Å². The van der Waals surface area contributed by atoms with Crippen molar-refractivity contribution in [2.45, 2.75) is 13.0 Å². The van der Waals surface area contributed by atoms with E-state index in [1.165, 1.54) is 6.07 Å². The van der Waals surface area contributed by atoms with E-state index < -0.39 is 0 Å². The maximum Gasteiger partial charge on any atom is 0.124 e. The minimum atomic E-state index is -0.161. The molecule has 1 N–H and O–H groups in total. The predicted octanol–water partition coefficient (Wildman–Crippen LogP) is 2.23. The average molecular weight is 320 g/mol. The van der Waals surface area contributed by atoms with Gasteiger partial charge in [0.2, 0.25) is 0 Å². The van der Waals surface area contributed by atoms with Gasteiger partial charge >= 0.3 is 0 Å². The molecule has 0 aromatic heterocycles. The molecule has 1 saturated heterocycles. The zero-order chi connectivity index (χ0) is 10.8. The fourth-order valence-corrected chi connectivity index (χ4v) is 2.70. The second kappa shape index (κ2) is 4.65. The topological polar surface area (TPSA) is 15.3 Å². The number of hydrogen-bond donors (Lipinski definition) is 1. The molecule has 1 aliphatic heterocycles. The Balaban J connectivity index is 2.27. The molecular formula is C11H14FIN2. The summed E-state index contributed by atoms with van der Waals surface area (Å²) in [4.78, 5) is 2.33. The minimum Gasteiger partial charge on any atom is -0.365 e. The first-order chi connectivity index (χ1) is 7.18. The van der Waals surface area contributed by atoms with Gasteiger partial charge in [0.1, 0.15) is 5.82 Å². The van der Waals surface area contributed by atoms with Gasteiger partial charge in [-0.3, -0.25) is 0 Å². The summed E-state index contributed by atoms with van der Waals surface area (Å²) in [5.41, 5.74) is 1.14. The molecule has 1 unspecified atom stereocenters. The largest absolute Gasteiger partial charge is 0.365 e. The van der Waals surface area contributed by atoms with Crippen LogP contribution < -0.4 is 10.2 Å². The molecule has 0 bridgehead atoms. The van der Waals surface area contributed by atoms with Crippen LogP contribution in [0.2, 0.25) is 0 Å². The van der Waals surface area contributed by atoms with Crippen molar-refractivity contribution in [1.82, 2.24) is 5.32 Å². The molecule has 1 aromatic rings. The van der Waals surface area contributed by atoms with Crippen LogP contribution in [0.5, 0.6) is 0 Å². The summed E-state index contributed by atoms with van der Waals surface area (Å²) in [5.74, 6) is -0.161. The number of halogens is 2. The molecule has 1 aliphatic rings. The molecule has 1 atom stereocenters. The highest BCUT2D eigenvalue weighted by Gasteiger charge is 2.19. The monoisotopic (exact) mass is 320 g/mol. The Hall–Kier alpha value is -0.360. The second-order valence-electron chi connectivity index (χ2n) is 3.84. The zero-order valence-corrected chi connectivity index (χ0v) is 10.8. The molecule has 0 aliphatic carbocycles. The molecule has 2 rings (SSSR count). The lowest BCUT2D eigenvalue weighted by Crippen LogP contribution is -2.50. The van der Waals surface area contributed by atoms with Gasteiger partial charge in [-0.1, -0.05) is 0 Å². The van der Waals surface area contributed by atoms with Crippen molar-refractivity contribution in [2.24, 2.45) is 0 Å². The number of benzene rings is 1. The van der Waals surface area contributed by atoms with Crippen LogP contribution in [-0.2, 0) is 0 Å². The molecular weight excluding hydrogens is 306 g/mol. The fourth-order valence-electron chi connectivity index (χ4n) is 1.91. The Kier molecular flexibility index (Phi) is 3.45. The van der Waals surface area contributed by atoms with Gasteiger partial charge in [0.25, 0.3) is 0 Å². The van der Waals surface area contributed by atoms with Crippen molar-refractivity contribution in [1.29, 1.82) is 0 Å². The van der Waals surface area contributed by atoms with Crippen LogP contribution in [-0.4, -0.2) is 25.7 Å². The van der Waals surface area contributed by atoms with E-state index >= 15 is 0 Å². The molecule has 4 heteroatoms. The van der Waals surface area contributed by atoms with Crippen LogP contribution >= 0.6 is 22.6 Å². The average Bonchev–Trinajstić information content (AvgIpc) is 2.20. The first-order valence-corrected chi connectivity index (χ1v) is 6.19. The van der Waals surface area contributed by atoms with E-state index in [1.54, 1.807) is 6.07 Å². The van der Waals surface area contributed by atoms with Gasteiger partial charge in [0, 0.05) is 29.2 Å². The number of piperazine rings is 1. The summed E-state index contributed by atoms with van der Waals surface area (Å²) in [7, 11) is 0. The van der Waals surface area contributed by atoms with Gasteiger partial charge in [0.15, 0.2) is 0 Å². The molecule has 0 radical (unpaired) electrons. The highest BCUT2D eigenvalue weighted by molar-refractivity contribution is 14.1. The van der Waals surface area contributed by atoms with Crippen molar-refractivity contribution >= 4 is 28.3 Å². The lowest BCUT2D eigenvalue weighted by atomic mass is 10.2. The number of hydrogen-bond acceptors (Lipinski definition) is 2. The third kappa shape index (κ3) is 2.42. The Morgan fingerprint density at radius 2 is 2.33 bits per heavy atom. The van der Waals surface area contributed by atoms with Crippen LogP contribution in [0.3, 0.4) is 0 Å². The minimum absolute atomic E-state index is 0.161. The molecule has 1 heterocycles.